The zero-order valence-electron chi connectivity index (χ0n) is 13.8. The van der Waals surface area contributed by atoms with Crippen molar-refractivity contribution in [2.75, 3.05) is 18.5 Å². The van der Waals surface area contributed by atoms with Crippen molar-refractivity contribution in [3.8, 4) is 5.75 Å². The lowest BCUT2D eigenvalue weighted by molar-refractivity contribution is 0.314. The average molecular weight is 346 g/mol. The number of hydrogen-bond donors (Lipinski definition) is 2. The van der Waals surface area contributed by atoms with Crippen molar-refractivity contribution < 1.29 is 9.13 Å². The molecule has 0 radical (unpaired) electrons. The zero-order valence-corrected chi connectivity index (χ0v) is 14.7. The number of halogens is 1. The normalized spacial score (nSPS) is 10.2. The number of nitrogens with one attached hydrogen (secondary N) is 2. The van der Waals surface area contributed by atoms with E-state index in [1.165, 1.54) is 17.7 Å². The Morgan fingerprint density at radius 2 is 1.88 bits per heavy atom. The van der Waals surface area contributed by atoms with E-state index in [1.54, 1.807) is 12.1 Å². The van der Waals surface area contributed by atoms with Gasteiger partial charge in [0.1, 0.15) is 11.6 Å². The van der Waals surface area contributed by atoms with Gasteiger partial charge in [0.2, 0.25) is 0 Å². The second kappa shape index (κ2) is 9.88. The molecule has 2 aromatic rings. The Morgan fingerprint density at radius 1 is 1.12 bits per heavy atom. The van der Waals surface area contributed by atoms with E-state index < -0.39 is 0 Å². The Hall–Kier alpha value is -2.14. The number of aryl methyl sites for hydroxylation is 1. The molecule has 0 aliphatic carbocycles. The Balaban J connectivity index is 1.72. The Bertz CT molecular complexity index is 646. The number of para-hydroxylation sites is 1. The van der Waals surface area contributed by atoms with Gasteiger partial charge in [0.25, 0.3) is 0 Å². The molecule has 0 heterocycles. The summed E-state index contributed by atoms with van der Waals surface area (Å²) in [6, 6.07) is 14.3. The molecule has 5 heteroatoms. The molecular weight excluding hydrogens is 323 g/mol. The molecule has 0 atom stereocenters. The third kappa shape index (κ3) is 6.16. The first kappa shape index (κ1) is 18.2. The van der Waals surface area contributed by atoms with Crippen LogP contribution in [-0.2, 0) is 6.42 Å². The highest BCUT2D eigenvalue weighted by Crippen LogP contribution is 2.19. The number of hydrogen-bond acceptors (Lipinski definition) is 2. The number of rotatable bonds is 8. The van der Waals surface area contributed by atoms with Crippen molar-refractivity contribution in [1.29, 1.82) is 0 Å². The van der Waals surface area contributed by atoms with Crippen LogP contribution in [0.25, 0.3) is 0 Å². The molecule has 0 fully saturated rings. The summed E-state index contributed by atoms with van der Waals surface area (Å²) in [6.45, 7) is 3.59. The minimum absolute atomic E-state index is 0.261. The predicted molar refractivity (Wildman–Crippen MR) is 101 cm³/mol. The largest absolute Gasteiger partial charge is 0.493 e. The van der Waals surface area contributed by atoms with E-state index in [4.69, 9.17) is 17.0 Å². The smallest absolute Gasteiger partial charge is 0.170 e. The fourth-order valence-electron chi connectivity index (χ4n) is 2.25. The number of ether oxygens (including phenoxy) is 1. The highest BCUT2D eigenvalue weighted by molar-refractivity contribution is 7.80. The van der Waals surface area contributed by atoms with Gasteiger partial charge in [0, 0.05) is 12.2 Å². The lowest BCUT2D eigenvalue weighted by Crippen LogP contribution is -2.29. The molecule has 0 amide bonds. The first-order chi connectivity index (χ1) is 11.7. The Morgan fingerprint density at radius 3 is 2.62 bits per heavy atom. The molecule has 128 valence electrons. The quantitative estimate of drug-likeness (QED) is 0.543. The fraction of sp³-hybridized carbons (Fsp3) is 0.316. The van der Waals surface area contributed by atoms with E-state index in [9.17, 15) is 4.39 Å². The van der Waals surface area contributed by atoms with Crippen LogP contribution in [0, 0.1) is 5.82 Å². The maximum Gasteiger partial charge on any atom is 0.170 e. The van der Waals surface area contributed by atoms with Gasteiger partial charge in [-0.2, -0.15) is 0 Å². The average Bonchev–Trinajstić information content (AvgIpc) is 2.60. The van der Waals surface area contributed by atoms with Crippen LogP contribution in [0.2, 0.25) is 0 Å². The summed E-state index contributed by atoms with van der Waals surface area (Å²) < 4.78 is 18.6. The topological polar surface area (TPSA) is 33.3 Å². The van der Waals surface area contributed by atoms with Gasteiger partial charge in [0.15, 0.2) is 5.11 Å². The summed E-state index contributed by atoms with van der Waals surface area (Å²) in [7, 11) is 0. The van der Waals surface area contributed by atoms with E-state index in [-0.39, 0.29) is 5.82 Å². The highest BCUT2D eigenvalue weighted by Gasteiger charge is 2.03. The van der Waals surface area contributed by atoms with Crippen molar-refractivity contribution in [2.24, 2.45) is 0 Å². The zero-order chi connectivity index (χ0) is 17.2. The van der Waals surface area contributed by atoms with Gasteiger partial charge in [-0.15, -0.1) is 0 Å². The SMILES string of the molecule is CCCOc1ccccc1CCCNC(=S)Nc1ccc(F)cc1. The van der Waals surface area contributed by atoms with E-state index in [1.807, 2.05) is 18.2 Å². The second-order valence-electron chi connectivity index (χ2n) is 5.45. The van der Waals surface area contributed by atoms with Crippen LogP contribution in [-0.4, -0.2) is 18.3 Å². The fourth-order valence-corrected chi connectivity index (χ4v) is 2.47. The summed E-state index contributed by atoms with van der Waals surface area (Å²) >= 11 is 5.24. The first-order valence-corrected chi connectivity index (χ1v) is 8.61. The molecule has 2 aromatic carbocycles. The molecule has 0 unspecified atom stereocenters. The summed E-state index contributed by atoms with van der Waals surface area (Å²) in [5.41, 5.74) is 1.98. The predicted octanol–water partition coefficient (Wildman–Crippen LogP) is 4.53. The van der Waals surface area contributed by atoms with Crippen molar-refractivity contribution in [1.82, 2.24) is 5.32 Å². The van der Waals surface area contributed by atoms with Crippen molar-refractivity contribution in [3.63, 3.8) is 0 Å². The molecule has 24 heavy (non-hydrogen) atoms. The standard InChI is InChI=1S/C19H23FN2OS/c1-2-14-23-18-8-4-3-6-15(18)7-5-13-21-19(24)22-17-11-9-16(20)10-12-17/h3-4,6,8-12H,2,5,7,13-14H2,1H3,(H2,21,22,24). The summed E-state index contributed by atoms with van der Waals surface area (Å²) in [5, 5.41) is 6.74. The molecule has 0 saturated carbocycles. The molecule has 0 aliphatic heterocycles. The Kier molecular flexibility index (Phi) is 7.49. The summed E-state index contributed by atoms with van der Waals surface area (Å²) in [5.74, 6) is 0.703. The lowest BCUT2D eigenvalue weighted by Gasteiger charge is -2.12. The minimum atomic E-state index is -0.261. The number of anilines is 1. The molecule has 0 aliphatic rings. The van der Waals surface area contributed by atoms with Crippen molar-refractivity contribution >= 4 is 23.0 Å². The molecule has 2 N–H and O–H groups in total. The van der Waals surface area contributed by atoms with Crippen LogP contribution < -0.4 is 15.4 Å². The monoisotopic (exact) mass is 346 g/mol. The maximum atomic E-state index is 12.9. The first-order valence-electron chi connectivity index (χ1n) is 8.20. The van der Waals surface area contributed by atoms with Crippen molar-refractivity contribution in [3.05, 3.63) is 59.9 Å². The summed E-state index contributed by atoms with van der Waals surface area (Å²) in [4.78, 5) is 0. The number of thiocarbonyl (C=S) groups is 1. The summed E-state index contributed by atoms with van der Waals surface area (Å²) in [6.07, 6.45) is 2.86. The van der Waals surface area contributed by atoms with Gasteiger partial charge in [-0.1, -0.05) is 25.1 Å². The van der Waals surface area contributed by atoms with Crippen LogP contribution in [0.1, 0.15) is 25.3 Å². The molecule has 0 bridgehead atoms. The van der Waals surface area contributed by atoms with Gasteiger partial charge >= 0.3 is 0 Å². The molecule has 2 rings (SSSR count). The van der Waals surface area contributed by atoms with Gasteiger partial charge in [0.05, 0.1) is 6.61 Å². The van der Waals surface area contributed by atoms with Crippen LogP contribution in [0.5, 0.6) is 5.75 Å². The van der Waals surface area contributed by atoms with Gasteiger partial charge in [-0.05, 0) is 67.4 Å². The van der Waals surface area contributed by atoms with Crippen LogP contribution in [0.3, 0.4) is 0 Å². The van der Waals surface area contributed by atoms with Crippen molar-refractivity contribution in [2.45, 2.75) is 26.2 Å². The Labute approximate surface area is 148 Å². The maximum absolute atomic E-state index is 12.9. The van der Waals surface area contributed by atoms with Gasteiger partial charge < -0.3 is 15.4 Å². The van der Waals surface area contributed by atoms with Crippen LogP contribution in [0.4, 0.5) is 10.1 Å². The van der Waals surface area contributed by atoms with E-state index in [0.717, 1.165) is 43.9 Å². The van der Waals surface area contributed by atoms with Gasteiger partial charge in [-0.3, -0.25) is 0 Å². The highest BCUT2D eigenvalue weighted by atomic mass is 32.1. The molecule has 3 nitrogen and oxygen atoms in total. The molecule has 0 spiro atoms. The van der Waals surface area contributed by atoms with Crippen LogP contribution >= 0.6 is 12.2 Å². The van der Waals surface area contributed by atoms with Gasteiger partial charge in [-0.25, -0.2) is 4.39 Å². The van der Waals surface area contributed by atoms with E-state index in [0.29, 0.717) is 5.11 Å². The van der Waals surface area contributed by atoms with E-state index in [2.05, 4.69) is 23.6 Å². The third-order valence-corrected chi connectivity index (χ3v) is 3.69. The van der Waals surface area contributed by atoms with Crippen LogP contribution in [0.15, 0.2) is 48.5 Å². The molecule has 0 aromatic heterocycles. The number of benzene rings is 2. The molecular formula is C19H23FN2OS. The lowest BCUT2D eigenvalue weighted by atomic mass is 10.1. The second-order valence-corrected chi connectivity index (χ2v) is 5.86. The minimum Gasteiger partial charge on any atom is -0.493 e. The van der Waals surface area contributed by atoms with E-state index >= 15 is 0 Å². The third-order valence-electron chi connectivity index (χ3n) is 3.44. The molecule has 0 saturated heterocycles.